The lowest BCUT2D eigenvalue weighted by Crippen LogP contribution is -2.46. The maximum absolute atomic E-state index is 15.0. The Morgan fingerprint density at radius 1 is 1.19 bits per heavy atom. The van der Waals surface area contributed by atoms with Crippen LogP contribution in [-0.2, 0) is 24.9 Å². The summed E-state index contributed by atoms with van der Waals surface area (Å²) in [6.45, 7) is 18.0. The molecule has 4 rings (SSSR count). The van der Waals surface area contributed by atoms with Crippen molar-refractivity contribution >= 4 is 42.8 Å². The van der Waals surface area contributed by atoms with Crippen LogP contribution in [0.3, 0.4) is 0 Å². The van der Waals surface area contributed by atoms with E-state index in [1.165, 1.54) is 34.5 Å². The summed E-state index contributed by atoms with van der Waals surface area (Å²) in [5.74, 6) is 1.98. The molecule has 10 heteroatoms. The highest BCUT2D eigenvalue weighted by Gasteiger charge is 2.46. The molecule has 0 saturated carbocycles. The number of halogens is 1. The molecule has 1 aromatic heterocycles. The average Bonchev–Trinajstić information content (AvgIpc) is 3.55. The monoisotopic (exact) mass is 667 g/mol. The maximum Gasteiger partial charge on any atom is 0.329 e. The van der Waals surface area contributed by atoms with Gasteiger partial charge < -0.3 is 4.90 Å². The van der Waals surface area contributed by atoms with Crippen LogP contribution in [-0.4, -0.2) is 64.1 Å². The lowest BCUT2D eigenvalue weighted by Gasteiger charge is -2.36. The summed E-state index contributed by atoms with van der Waals surface area (Å²) < 4.78 is 19.0. The number of carbonyl (C=O) groups is 2. The van der Waals surface area contributed by atoms with Crippen molar-refractivity contribution in [2.45, 2.75) is 112 Å². The molecule has 2 aliphatic heterocycles. The molecule has 0 saturated heterocycles. The van der Waals surface area contributed by atoms with Gasteiger partial charge in [0, 0.05) is 61.4 Å². The number of benzene rings is 1. The van der Waals surface area contributed by atoms with Gasteiger partial charge in [-0.1, -0.05) is 40.5 Å². The van der Waals surface area contributed by atoms with E-state index < -0.39 is 12.7 Å². The topological polar surface area (TPSA) is 73.5 Å². The summed E-state index contributed by atoms with van der Waals surface area (Å²) in [5.41, 5.74) is 7.27. The summed E-state index contributed by atoms with van der Waals surface area (Å²) in [6.07, 6.45) is 7.76. The number of aromatic nitrogens is 2. The van der Waals surface area contributed by atoms with Gasteiger partial charge in [0.15, 0.2) is 11.9 Å². The van der Waals surface area contributed by atoms with E-state index in [0.717, 1.165) is 61.3 Å². The highest BCUT2D eigenvalue weighted by atomic mass is 32.1. The summed E-state index contributed by atoms with van der Waals surface area (Å²) in [7, 11) is 1.81. The zero-order chi connectivity index (χ0) is 34.4. The van der Waals surface area contributed by atoms with E-state index in [1.807, 2.05) is 19.1 Å². The number of imide groups is 1. The van der Waals surface area contributed by atoms with E-state index in [0.29, 0.717) is 29.8 Å². The van der Waals surface area contributed by atoms with Gasteiger partial charge in [0.05, 0.1) is 5.69 Å². The van der Waals surface area contributed by atoms with Crippen molar-refractivity contribution in [1.29, 1.82) is 0 Å². The molecular weight excluding hydrogens is 612 g/mol. The summed E-state index contributed by atoms with van der Waals surface area (Å²) in [4.78, 5) is 28.6. The van der Waals surface area contributed by atoms with Crippen LogP contribution >= 0.6 is 12.6 Å². The molecule has 2 aliphatic rings. The molecule has 0 bridgehead atoms. The fourth-order valence-electron chi connectivity index (χ4n) is 7.20. The number of anilines is 2. The standard InChI is InChI=1S/C37H55FN6O2S/c1-9-12-13-16-29-26(6)31(18-24(4)25(5)23-47)41(7)36(29)44-17-14-15-27-19-30(28(22-38)20-32(27)44)33-21-34(40-42(33)8)43(11-3)37(46)39-35(45)10-2/h19-21,24-25,31,36H,7,9-18,22-23H2,1-6,8H3,(H-,39,45,46,47)/p+1. The molecule has 0 fully saturated rings. The number of aryl methyl sites for hydroxylation is 2. The number of carbonyl (C=O) groups excluding carboxylic acids is 2. The van der Waals surface area contributed by atoms with Crippen molar-refractivity contribution in [2.24, 2.45) is 18.9 Å². The smallest absolute Gasteiger partial charge is 0.311 e. The fraction of sp³-hybridized carbons (Fsp3) is 0.622. The largest absolute Gasteiger partial charge is 0.329 e. The highest BCUT2D eigenvalue weighted by molar-refractivity contribution is 7.80. The molecule has 3 amide bonds. The van der Waals surface area contributed by atoms with Gasteiger partial charge in [-0.05, 0) is 80.4 Å². The first-order valence-corrected chi connectivity index (χ1v) is 18.2. The third kappa shape index (κ3) is 7.79. The van der Waals surface area contributed by atoms with Crippen molar-refractivity contribution in [3.8, 4) is 11.3 Å². The Labute approximate surface area is 286 Å². The highest BCUT2D eigenvalue weighted by Crippen LogP contribution is 2.42. The number of fused-ring (bicyclic) bond motifs is 1. The Balaban J connectivity index is 1.72. The lowest BCUT2D eigenvalue weighted by molar-refractivity contribution is -0.568. The molecular formula is C37H56FN6O2S+. The zero-order valence-electron chi connectivity index (χ0n) is 29.6. The molecule has 0 radical (unpaired) electrons. The molecule has 258 valence electrons. The fourth-order valence-corrected chi connectivity index (χ4v) is 7.56. The van der Waals surface area contributed by atoms with Gasteiger partial charge >= 0.3 is 6.03 Å². The van der Waals surface area contributed by atoms with Gasteiger partial charge in [0.1, 0.15) is 13.4 Å². The first-order valence-electron chi connectivity index (χ1n) is 17.5. The molecule has 1 aromatic carbocycles. The second kappa shape index (κ2) is 16.3. The number of amides is 3. The number of thiol groups is 1. The van der Waals surface area contributed by atoms with Crippen molar-refractivity contribution in [3.05, 3.63) is 40.5 Å². The van der Waals surface area contributed by atoms with Gasteiger partial charge in [-0.3, -0.25) is 19.7 Å². The lowest BCUT2D eigenvalue weighted by atomic mass is 9.88. The second-order valence-corrected chi connectivity index (χ2v) is 13.8. The molecule has 4 atom stereocenters. The van der Waals surface area contributed by atoms with Crippen LogP contribution in [0, 0.1) is 11.8 Å². The van der Waals surface area contributed by atoms with E-state index in [-0.39, 0.29) is 24.5 Å². The van der Waals surface area contributed by atoms with Crippen molar-refractivity contribution in [1.82, 2.24) is 15.1 Å². The van der Waals surface area contributed by atoms with Crippen LogP contribution in [0.15, 0.2) is 29.3 Å². The molecule has 2 aromatic rings. The number of rotatable bonds is 14. The van der Waals surface area contributed by atoms with Crippen molar-refractivity contribution < 1.29 is 18.6 Å². The van der Waals surface area contributed by atoms with E-state index in [2.05, 4.69) is 73.0 Å². The molecule has 1 N–H and O–H groups in total. The average molecular weight is 668 g/mol. The molecule has 0 spiro atoms. The number of hydrogen-bond acceptors (Lipinski definition) is 5. The summed E-state index contributed by atoms with van der Waals surface area (Å²) in [5, 5.41) is 7.01. The van der Waals surface area contributed by atoms with Gasteiger partial charge in [0.2, 0.25) is 5.91 Å². The quantitative estimate of drug-likeness (QED) is 0.0938. The first kappa shape index (κ1) is 36.7. The normalized spacial score (nSPS) is 19.2. The molecule has 47 heavy (non-hydrogen) atoms. The van der Waals surface area contributed by atoms with E-state index >= 15 is 0 Å². The number of alkyl halides is 1. The number of nitrogens with zero attached hydrogens (tertiary/aromatic N) is 5. The Bertz CT molecular complexity index is 1490. The van der Waals surface area contributed by atoms with Gasteiger partial charge in [0.25, 0.3) is 6.17 Å². The maximum atomic E-state index is 15.0. The number of unbranched alkanes of at least 4 members (excludes halogenated alkanes) is 2. The van der Waals surface area contributed by atoms with E-state index in [9.17, 15) is 14.0 Å². The summed E-state index contributed by atoms with van der Waals surface area (Å²) in [6, 6.07) is 5.71. The van der Waals surface area contributed by atoms with Crippen LogP contribution in [0.1, 0.15) is 97.6 Å². The molecule has 4 unspecified atom stereocenters. The minimum absolute atomic E-state index is 0.0403. The Morgan fingerprint density at radius 2 is 1.94 bits per heavy atom. The third-order valence-corrected chi connectivity index (χ3v) is 11.0. The van der Waals surface area contributed by atoms with Crippen LogP contribution in [0.5, 0.6) is 0 Å². The number of nitrogens with one attached hydrogen (secondary N) is 1. The molecule has 8 nitrogen and oxygen atoms in total. The minimum Gasteiger partial charge on any atom is -0.311 e. The number of urea groups is 1. The minimum atomic E-state index is -0.626. The summed E-state index contributed by atoms with van der Waals surface area (Å²) >= 11 is 4.59. The van der Waals surface area contributed by atoms with Crippen LogP contribution in [0.2, 0.25) is 0 Å². The molecule has 0 aliphatic carbocycles. The molecule has 3 heterocycles. The van der Waals surface area contributed by atoms with E-state index in [4.69, 9.17) is 0 Å². The Kier molecular flexibility index (Phi) is 12.7. The van der Waals surface area contributed by atoms with Crippen molar-refractivity contribution in [2.75, 3.05) is 28.6 Å². The first-order chi connectivity index (χ1) is 22.5. The number of hydrogen-bond donors (Lipinski definition) is 2. The SMILES string of the molecule is C=[N+]1C(CC(C)C(C)CS)C(C)=C(CCCCC)C1N1CCCc2cc(-c3cc(N(CC)C(=O)NC(=O)CC)nn3C)c(CF)cc21. The van der Waals surface area contributed by atoms with Gasteiger partial charge in [-0.15, -0.1) is 0 Å². The van der Waals surface area contributed by atoms with E-state index in [1.54, 1.807) is 18.7 Å². The Morgan fingerprint density at radius 3 is 2.57 bits per heavy atom. The predicted molar refractivity (Wildman–Crippen MR) is 195 cm³/mol. The Hall–Kier alpha value is -3.14. The van der Waals surface area contributed by atoms with Gasteiger partial charge in [-0.25, -0.2) is 13.8 Å². The van der Waals surface area contributed by atoms with Crippen LogP contribution in [0.25, 0.3) is 11.3 Å². The van der Waals surface area contributed by atoms with Crippen LogP contribution in [0.4, 0.5) is 20.7 Å². The third-order valence-electron chi connectivity index (χ3n) is 10.4. The predicted octanol–water partition coefficient (Wildman–Crippen LogP) is 7.69. The van der Waals surface area contributed by atoms with Gasteiger partial charge in [-0.2, -0.15) is 17.7 Å². The van der Waals surface area contributed by atoms with Crippen LogP contribution < -0.4 is 15.1 Å². The zero-order valence-corrected chi connectivity index (χ0v) is 30.5. The second-order valence-electron chi connectivity index (χ2n) is 13.5. The van der Waals surface area contributed by atoms with Crippen molar-refractivity contribution in [3.63, 3.8) is 0 Å².